The molecule has 3 aliphatic rings. The molecule has 6 rings (SSSR count). The van der Waals surface area contributed by atoms with Gasteiger partial charge in [-0.3, -0.25) is 4.79 Å². The molecule has 2 saturated carbocycles. The molecule has 1 saturated heterocycles. The molecule has 2 aliphatic carbocycles. The van der Waals surface area contributed by atoms with Gasteiger partial charge in [0.1, 0.15) is 11.4 Å². The Balaban J connectivity index is 1.37. The van der Waals surface area contributed by atoms with Gasteiger partial charge in [0.15, 0.2) is 9.84 Å². The molecule has 2 heterocycles. The zero-order valence-corrected chi connectivity index (χ0v) is 24.8. The maximum atomic E-state index is 13.7. The van der Waals surface area contributed by atoms with Crippen LogP contribution in [0.4, 0.5) is 10.1 Å². The number of nitrogens with zero attached hydrogens (tertiary/aromatic N) is 4. The molecule has 220 valence electrons. The maximum Gasteiger partial charge on any atom is 0.225 e. The van der Waals surface area contributed by atoms with Crippen LogP contribution >= 0.6 is 0 Å². The molecule has 0 radical (unpaired) electrons. The number of carbonyl (C=O) groups excluding carboxylic acids is 1. The Morgan fingerprint density at radius 1 is 1.02 bits per heavy atom. The summed E-state index contributed by atoms with van der Waals surface area (Å²) in [6.07, 6.45) is 5.69. The molecule has 2 atom stereocenters. The van der Waals surface area contributed by atoms with Gasteiger partial charge >= 0.3 is 0 Å². The van der Waals surface area contributed by atoms with Crippen molar-refractivity contribution in [1.82, 2.24) is 15.1 Å². The molecule has 42 heavy (non-hydrogen) atoms. The predicted molar refractivity (Wildman–Crippen MR) is 159 cm³/mol. The fourth-order valence-electron chi connectivity index (χ4n) is 6.34. The summed E-state index contributed by atoms with van der Waals surface area (Å²) in [5.41, 5.74) is 3.56. The van der Waals surface area contributed by atoms with E-state index >= 15 is 0 Å². The molecule has 0 bridgehead atoms. The summed E-state index contributed by atoms with van der Waals surface area (Å²) in [6.45, 7) is 5.30. The van der Waals surface area contributed by atoms with Crippen molar-refractivity contribution in [3.05, 3.63) is 66.2 Å². The van der Waals surface area contributed by atoms with E-state index in [0.29, 0.717) is 38.0 Å². The van der Waals surface area contributed by atoms with Gasteiger partial charge in [0.25, 0.3) is 0 Å². The summed E-state index contributed by atoms with van der Waals surface area (Å²) in [6, 6.07) is 16.5. The number of hydrogen-bond acceptors (Lipinski definition) is 6. The van der Waals surface area contributed by atoms with Gasteiger partial charge in [-0.15, -0.1) is 0 Å². The average Bonchev–Trinajstić information content (AvgIpc) is 3.60. The van der Waals surface area contributed by atoms with Crippen LogP contribution in [-0.2, 0) is 14.6 Å². The highest BCUT2D eigenvalue weighted by atomic mass is 32.2. The van der Waals surface area contributed by atoms with E-state index in [-0.39, 0.29) is 40.5 Å². The lowest BCUT2D eigenvalue weighted by molar-refractivity contribution is -0.128. The first kappa shape index (κ1) is 28.4. The van der Waals surface area contributed by atoms with Crippen LogP contribution in [0.3, 0.4) is 0 Å². The van der Waals surface area contributed by atoms with E-state index in [1.165, 1.54) is 12.1 Å². The van der Waals surface area contributed by atoms with Crippen molar-refractivity contribution in [3.63, 3.8) is 0 Å². The number of aromatic nitrogens is 2. The first-order chi connectivity index (χ1) is 20.0. The number of sulfone groups is 1. The van der Waals surface area contributed by atoms with Gasteiger partial charge in [0.2, 0.25) is 5.91 Å². The van der Waals surface area contributed by atoms with Gasteiger partial charge in [-0.25, -0.2) is 17.5 Å². The zero-order valence-electron chi connectivity index (χ0n) is 24.0. The summed E-state index contributed by atoms with van der Waals surface area (Å²) >= 11 is 0. The van der Waals surface area contributed by atoms with E-state index in [1.54, 1.807) is 16.8 Å². The first-order valence-electron chi connectivity index (χ1n) is 14.6. The molecule has 1 aromatic heterocycles. The van der Waals surface area contributed by atoms with E-state index in [4.69, 9.17) is 5.10 Å². The molecule has 3 fully saturated rings. The van der Waals surface area contributed by atoms with Crippen molar-refractivity contribution in [1.29, 1.82) is 5.26 Å². The van der Waals surface area contributed by atoms with Crippen molar-refractivity contribution >= 4 is 21.4 Å². The number of carbonyl (C=O) groups is 1. The minimum Gasteiger partial charge on any atom is -0.369 e. The minimum atomic E-state index is -2.98. The van der Waals surface area contributed by atoms with Crippen LogP contribution in [0.25, 0.3) is 16.8 Å². The second-order valence-electron chi connectivity index (χ2n) is 12.8. The van der Waals surface area contributed by atoms with Gasteiger partial charge in [-0.1, -0.05) is 26.0 Å². The number of benzene rings is 2. The molecular formula is C32H36FN5O3S. The SMILES string of the molecule is CC1(C)CCC(c2nn(-c3ccc(F)cc3)cc2-c2ccc(N3CCS(=O)(=O)CC3)cc2)C(C(=O)NC2(C#N)CC2)C1. The van der Waals surface area contributed by atoms with Crippen LogP contribution < -0.4 is 10.2 Å². The quantitative estimate of drug-likeness (QED) is 0.434. The van der Waals surface area contributed by atoms with Crippen molar-refractivity contribution in [3.8, 4) is 22.9 Å². The van der Waals surface area contributed by atoms with Crippen LogP contribution in [-0.4, -0.2) is 54.2 Å². The molecule has 3 aromatic rings. The van der Waals surface area contributed by atoms with E-state index in [0.717, 1.165) is 35.3 Å². The molecule has 10 heteroatoms. The number of nitrogens with one attached hydrogen (secondary N) is 1. The maximum absolute atomic E-state index is 13.7. The average molecular weight is 590 g/mol. The Bertz CT molecular complexity index is 1620. The van der Waals surface area contributed by atoms with Crippen LogP contribution in [0.2, 0.25) is 0 Å². The number of rotatable bonds is 6. The van der Waals surface area contributed by atoms with Crippen LogP contribution in [0, 0.1) is 28.5 Å². The highest BCUT2D eigenvalue weighted by Gasteiger charge is 2.48. The summed E-state index contributed by atoms with van der Waals surface area (Å²) in [5.74, 6) is -0.620. The third-order valence-electron chi connectivity index (χ3n) is 9.13. The monoisotopic (exact) mass is 589 g/mol. The Hall–Kier alpha value is -3.71. The molecular weight excluding hydrogens is 553 g/mol. The number of nitriles is 1. The smallest absolute Gasteiger partial charge is 0.225 e. The van der Waals surface area contributed by atoms with Crippen LogP contribution in [0.5, 0.6) is 0 Å². The number of hydrogen-bond donors (Lipinski definition) is 1. The third-order valence-corrected chi connectivity index (χ3v) is 10.7. The van der Waals surface area contributed by atoms with E-state index < -0.39 is 15.4 Å². The van der Waals surface area contributed by atoms with Crippen LogP contribution in [0.15, 0.2) is 54.7 Å². The summed E-state index contributed by atoms with van der Waals surface area (Å²) in [4.78, 5) is 15.8. The third kappa shape index (κ3) is 5.80. The van der Waals surface area contributed by atoms with Gasteiger partial charge in [-0.05, 0) is 79.5 Å². The van der Waals surface area contributed by atoms with Crippen LogP contribution in [0.1, 0.15) is 57.6 Å². The largest absolute Gasteiger partial charge is 0.369 e. The zero-order chi connectivity index (χ0) is 29.7. The number of anilines is 1. The minimum absolute atomic E-state index is 0.0227. The molecule has 2 aromatic carbocycles. The van der Waals surface area contributed by atoms with Crippen molar-refractivity contribution in [2.45, 2.75) is 57.4 Å². The Morgan fingerprint density at radius 2 is 1.67 bits per heavy atom. The Labute approximate surface area is 246 Å². The lowest BCUT2D eigenvalue weighted by atomic mass is 9.65. The number of amides is 1. The molecule has 1 N–H and O–H groups in total. The normalized spacial score (nSPS) is 24.0. The highest BCUT2D eigenvalue weighted by molar-refractivity contribution is 7.91. The van der Waals surface area contributed by atoms with Crippen molar-refractivity contribution < 1.29 is 17.6 Å². The first-order valence-corrected chi connectivity index (χ1v) is 16.4. The summed E-state index contributed by atoms with van der Waals surface area (Å²) in [5, 5.41) is 17.7. The lowest BCUT2D eigenvalue weighted by Gasteiger charge is -2.40. The fourth-order valence-corrected chi connectivity index (χ4v) is 7.54. The van der Waals surface area contributed by atoms with Gasteiger partial charge in [0, 0.05) is 42.4 Å². The molecule has 1 amide bonds. The van der Waals surface area contributed by atoms with Crippen molar-refractivity contribution in [2.24, 2.45) is 11.3 Å². The van der Waals surface area contributed by atoms with Gasteiger partial charge in [-0.2, -0.15) is 10.4 Å². The Morgan fingerprint density at radius 3 is 2.29 bits per heavy atom. The van der Waals surface area contributed by atoms with Gasteiger partial charge < -0.3 is 10.2 Å². The highest BCUT2D eigenvalue weighted by Crippen LogP contribution is 2.49. The van der Waals surface area contributed by atoms with Gasteiger partial charge in [0.05, 0.1) is 29.0 Å². The second kappa shape index (κ2) is 10.5. The summed E-state index contributed by atoms with van der Waals surface area (Å²) in [7, 11) is -2.98. The fraction of sp³-hybridized carbons (Fsp3) is 0.469. The van der Waals surface area contributed by atoms with E-state index in [2.05, 4.69) is 30.1 Å². The Kier molecular flexibility index (Phi) is 7.12. The predicted octanol–water partition coefficient (Wildman–Crippen LogP) is 5.00. The lowest BCUT2D eigenvalue weighted by Crippen LogP contribution is -2.45. The van der Waals surface area contributed by atoms with Crippen molar-refractivity contribution in [2.75, 3.05) is 29.5 Å². The molecule has 0 spiro atoms. The molecule has 2 unspecified atom stereocenters. The molecule has 8 nitrogen and oxygen atoms in total. The van der Waals surface area contributed by atoms with E-state index in [9.17, 15) is 22.9 Å². The van der Waals surface area contributed by atoms with E-state index in [1.807, 2.05) is 30.5 Å². The summed E-state index contributed by atoms with van der Waals surface area (Å²) < 4.78 is 39.3. The standard InChI is InChI=1S/C32H36FN5O3S/c1-31(2)12-11-26(27(19-31)30(39)35-32(21-34)13-14-32)29-28(20-38(36-29)25-9-5-23(33)6-10-25)22-3-7-24(8-4-22)37-15-17-42(40,41)18-16-37/h3-10,20,26-27H,11-19H2,1-2H3,(H,35,39). The molecule has 1 aliphatic heterocycles. The topological polar surface area (TPSA) is 108 Å². The number of halogens is 1. The second-order valence-corrected chi connectivity index (χ2v) is 15.1.